The summed E-state index contributed by atoms with van der Waals surface area (Å²) in [6, 6.07) is 1.67. The maximum Gasteiger partial charge on any atom is 0.282 e. The van der Waals surface area contributed by atoms with Crippen molar-refractivity contribution in [2.75, 3.05) is 32.8 Å². The number of carbonyl (C=O) groups excluding carboxylic acids is 1. The first-order valence-electron chi connectivity index (χ1n) is 11.3. The minimum Gasteiger partial charge on any atom is -0.395 e. The van der Waals surface area contributed by atoms with Crippen molar-refractivity contribution in [2.24, 2.45) is 0 Å². The minimum atomic E-state index is -3.53. The molecular formula is C20H33N5O5S. The van der Waals surface area contributed by atoms with E-state index in [1.807, 2.05) is 6.92 Å². The molecule has 10 nitrogen and oxygen atoms in total. The van der Waals surface area contributed by atoms with Crippen LogP contribution in [-0.4, -0.2) is 84.1 Å². The van der Waals surface area contributed by atoms with Crippen LogP contribution in [0.3, 0.4) is 0 Å². The van der Waals surface area contributed by atoms with E-state index in [0.29, 0.717) is 50.6 Å². The number of hydrogen-bond donors (Lipinski definition) is 3. The van der Waals surface area contributed by atoms with Crippen molar-refractivity contribution in [1.29, 1.82) is 0 Å². The van der Waals surface area contributed by atoms with Crippen molar-refractivity contribution in [1.82, 2.24) is 24.4 Å². The zero-order valence-corrected chi connectivity index (χ0v) is 18.8. The third kappa shape index (κ3) is 5.28. The number of rotatable bonds is 8. The average Bonchev–Trinajstić information content (AvgIpc) is 3.48. The molecule has 0 unspecified atom stereocenters. The van der Waals surface area contributed by atoms with Gasteiger partial charge in [0.1, 0.15) is 5.76 Å². The molecule has 3 heterocycles. The number of aliphatic hydroxyl groups is 1. The van der Waals surface area contributed by atoms with Crippen LogP contribution in [0, 0.1) is 0 Å². The highest BCUT2D eigenvalue weighted by molar-refractivity contribution is 7.86. The van der Waals surface area contributed by atoms with Crippen molar-refractivity contribution in [3.63, 3.8) is 0 Å². The summed E-state index contributed by atoms with van der Waals surface area (Å²) in [5.41, 5.74) is 0.294. The molecule has 0 bridgehead atoms. The van der Waals surface area contributed by atoms with E-state index in [4.69, 9.17) is 9.63 Å². The van der Waals surface area contributed by atoms with E-state index in [-0.39, 0.29) is 30.6 Å². The van der Waals surface area contributed by atoms with E-state index >= 15 is 0 Å². The summed E-state index contributed by atoms with van der Waals surface area (Å²) in [6.45, 7) is 3.84. The molecule has 3 aliphatic rings. The SMILES string of the molecule is C[C@H]1C[C@@H](NC(=O)c2cc(C3CC3)on2)CCN1S(=O)(=O)N1CCC(NCCO)CC1. The van der Waals surface area contributed by atoms with Gasteiger partial charge in [0.05, 0.1) is 6.61 Å². The molecule has 3 N–H and O–H groups in total. The van der Waals surface area contributed by atoms with Gasteiger partial charge in [-0.2, -0.15) is 17.0 Å². The van der Waals surface area contributed by atoms with Crippen LogP contribution >= 0.6 is 0 Å². The van der Waals surface area contributed by atoms with Crippen molar-refractivity contribution in [3.8, 4) is 0 Å². The van der Waals surface area contributed by atoms with Crippen LogP contribution in [0.4, 0.5) is 0 Å². The lowest BCUT2D eigenvalue weighted by Crippen LogP contribution is -2.56. The second-order valence-corrected chi connectivity index (χ2v) is 10.8. The topological polar surface area (TPSA) is 128 Å². The highest BCUT2D eigenvalue weighted by Crippen LogP contribution is 2.40. The number of aliphatic hydroxyl groups excluding tert-OH is 1. The Labute approximate surface area is 183 Å². The fraction of sp³-hybridized carbons (Fsp3) is 0.800. The smallest absolute Gasteiger partial charge is 0.282 e. The van der Waals surface area contributed by atoms with Gasteiger partial charge in [0.2, 0.25) is 0 Å². The number of piperidine rings is 2. The lowest BCUT2D eigenvalue weighted by molar-refractivity contribution is 0.0903. The Bertz CT molecular complexity index is 863. The molecular weight excluding hydrogens is 422 g/mol. The van der Waals surface area contributed by atoms with E-state index in [9.17, 15) is 13.2 Å². The first kappa shape index (κ1) is 22.7. The fourth-order valence-corrected chi connectivity index (χ4v) is 6.39. The Balaban J connectivity index is 1.28. The molecule has 1 aromatic heterocycles. The Hall–Kier alpha value is -1.53. The largest absolute Gasteiger partial charge is 0.395 e. The maximum atomic E-state index is 13.2. The van der Waals surface area contributed by atoms with Crippen LogP contribution < -0.4 is 10.6 Å². The summed E-state index contributed by atoms with van der Waals surface area (Å²) < 4.78 is 34.7. The van der Waals surface area contributed by atoms with Crippen LogP contribution in [0.15, 0.2) is 10.6 Å². The maximum absolute atomic E-state index is 13.2. The van der Waals surface area contributed by atoms with Gasteiger partial charge in [-0.25, -0.2) is 0 Å². The number of aromatic nitrogens is 1. The highest BCUT2D eigenvalue weighted by atomic mass is 32.2. The number of hydrogen-bond acceptors (Lipinski definition) is 7. The second-order valence-electron chi connectivity index (χ2n) is 8.90. The molecule has 3 fully saturated rings. The van der Waals surface area contributed by atoms with E-state index in [1.54, 1.807) is 14.7 Å². The summed E-state index contributed by atoms with van der Waals surface area (Å²) in [4.78, 5) is 12.5. The Morgan fingerprint density at radius 2 is 1.90 bits per heavy atom. The van der Waals surface area contributed by atoms with Crippen molar-refractivity contribution in [2.45, 2.75) is 69.5 Å². The van der Waals surface area contributed by atoms with E-state index in [1.165, 1.54) is 0 Å². The lowest BCUT2D eigenvalue weighted by atomic mass is 10.0. The predicted octanol–water partition coefficient (Wildman–Crippen LogP) is 0.426. The lowest BCUT2D eigenvalue weighted by Gasteiger charge is -2.41. The number of amides is 1. The van der Waals surface area contributed by atoms with Gasteiger partial charge in [0.15, 0.2) is 5.69 Å². The van der Waals surface area contributed by atoms with Crippen molar-refractivity contribution in [3.05, 3.63) is 17.5 Å². The number of carbonyl (C=O) groups is 1. The van der Waals surface area contributed by atoms with Crippen LogP contribution in [0.5, 0.6) is 0 Å². The third-order valence-corrected chi connectivity index (χ3v) is 8.67. The second kappa shape index (κ2) is 9.53. The van der Waals surface area contributed by atoms with Gasteiger partial charge in [0, 0.05) is 56.3 Å². The molecule has 1 aliphatic carbocycles. The molecule has 0 spiro atoms. The summed E-state index contributed by atoms with van der Waals surface area (Å²) >= 11 is 0. The molecule has 2 saturated heterocycles. The van der Waals surface area contributed by atoms with Crippen LogP contribution in [0.25, 0.3) is 0 Å². The minimum absolute atomic E-state index is 0.0832. The quantitative estimate of drug-likeness (QED) is 0.518. The molecule has 1 amide bonds. The van der Waals surface area contributed by atoms with Crippen LogP contribution in [0.2, 0.25) is 0 Å². The summed E-state index contributed by atoms with van der Waals surface area (Å²) in [7, 11) is -3.53. The van der Waals surface area contributed by atoms with Crippen LogP contribution in [0.1, 0.15) is 67.6 Å². The predicted molar refractivity (Wildman–Crippen MR) is 114 cm³/mol. The third-order valence-electron chi connectivity index (χ3n) is 6.51. The van der Waals surface area contributed by atoms with E-state index in [2.05, 4.69) is 15.8 Å². The van der Waals surface area contributed by atoms with Gasteiger partial charge in [-0.1, -0.05) is 5.16 Å². The molecule has 0 radical (unpaired) electrons. The Kier molecular flexibility index (Phi) is 6.97. The Morgan fingerprint density at radius 3 is 2.55 bits per heavy atom. The van der Waals surface area contributed by atoms with E-state index < -0.39 is 10.2 Å². The molecule has 11 heteroatoms. The van der Waals surface area contributed by atoms with Gasteiger partial charge >= 0.3 is 0 Å². The molecule has 2 atom stereocenters. The summed E-state index contributed by atoms with van der Waals surface area (Å²) in [6.07, 6.45) is 4.76. The van der Waals surface area contributed by atoms with Gasteiger partial charge in [-0.3, -0.25) is 4.79 Å². The zero-order chi connectivity index (χ0) is 22.0. The first-order chi connectivity index (χ1) is 14.9. The molecule has 174 valence electrons. The average molecular weight is 456 g/mol. The van der Waals surface area contributed by atoms with Gasteiger partial charge in [0.25, 0.3) is 16.1 Å². The zero-order valence-electron chi connectivity index (χ0n) is 18.0. The molecule has 1 aromatic rings. The first-order valence-corrected chi connectivity index (χ1v) is 12.7. The molecule has 4 rings (SSSR count). The van der Waals surface area contributed by atoms with Gasteiger partial charge < -0.3 is 20.3 Å². The standard InChI is InChI=1S/C20H33N5O5S/c1-14-12-17(22-20(27)18-13-19(30-23-18)15-2-3-15)6-10-25(14)31(28,29)24-8-4-16(5-9-24)21-7-11-26/h13-17,21,26H,2-12H2,1H3,(H,22,27)/t14-,17-/m0/s1. The van der Waals surface area contributed by atoms with Gasteiger partial charge in [-0.15, -0.1) is 0 Å². The highest BCUT2D eigenvalue weighted by Gasteiger charge is 2.39. The molecule has 1 saturated carbocycles. The normalized spacial score (nSPS) is 26.8. The molecule has 2 aliphatic heterocycles. The molecule has 31 heavy (non-hydrogen) atoms. The van der Waals surface area contributed by atoms with Crippen molar-refractivity contribution < 1.29 is 22.8 Å². The Morgan fingerprint density at radius 1 is 1.19 bits per heavy atom. The number of nitrogens with one attached hydrogen (secondary N) is 2. The van der Waals surface area contributed by atoms with Crippen molar-refractivity contribution >= 4 is 16.1 Å². The van der Waals surface area contributed by atoms with Crippen LogP contribution in [-0.2, 0) is 10.2 Å². The summed E-state index contributed by atoms with van der Waals surface area (Å²) in [5.74, 6) is 0.911. The van der Waals surface area contributed by atoms with E-state index in [0.717, 1.165) is 31.4 Å². The monoisotopic (exact) mass is 455 g/mol. The fourth-order valence-electron chi connectivity index (χ4n) is 4.55. The molecule has 0 aromatic carbocycles. The summed E-state index contributed by atoms with van der Waals surface area (Å²) in [5, 5.41) is 19.0. The van der Waals surface area contributed by atoms with Gasteiger partial charge in [-0.05, 0) is 45.4 Å². The number of nitrogens with zero attached hydrogens (tertiary/aromatic N) is 3.